The van der Waals surface area contributed by atoms with Crippen LogP contribution in [0.5, 0.6) is 5.75 Å². The van der Waals surface area contributed by atoms with Crippen LogP contribution in [0.15, 0.2) is 23.3 Å². The number of amides is 2. The Bertz CT molecular complexity index is 705. The number of hydrogen-bond donors (Lipinski definition) is 0. The number of alkyl halides is 2. The molecule has 122 valence electrons. The van der Waals surface area contributed by atoms with Gasteiger partial charge in [-0.05, 0) is 31.7 Å². The molecule has 2 amide bonds. The number of halogens is 4. The maximum absolute atomic E-state index is 14.2. The summed E-state index contributed by atoms with van der Waals surface area (Å²) in [5.41, 5.74) is 0.299. The number of carbonyl (C=O) groups excluding carboxylic acids is 2. The summed E-state index contributed by atoms with van der Waals surface area (Å²) in [4.78, 5) is 25.4. The molecule has 4 nitrogen and oxygen atoms in total. The zero-order valence-electron chi connectivity index (χ0n) is 11.7. The number of benzene rings is 1. The van der Waals surface area contributed by atoms with E-state index < -0.39 is 35.7 Å². The predicted octanol–water partition coefficient (Wildman–Crippen LogP) is 3.82. The van der Waals surface area contributed by atoms with Gasteiger partial charge in [-0.25, -0.2) is 9.29 Å². The van der Waals surface area contributed by atoms with E-state index in [9.17, 15) is 22.8 Å². The van der Waals surface area contributed by atoms with E-state index in [-0.39, 0.29) is 5.02 Å². The molecule has 8 heteroatoms. The topological polar surface area (TPSA) is 46.6 Å². The van der Waals surface area contributed by atoms with Gasteiger partial charge in [-0.1, -0.05) is 11.6 Å². The van der Waals surface area contributed by atoms with Crippen LogP contribution in [0.3, 0.4) is 0 Å². The number of imide groups is 1. The summed E-state index contributed by atoms with van der Waals surface area (Å²) in [6, 6.07) is 1.59. The Labute approximate surface area is 134 Å². The molecule has 1 aromatic rings. The Morgan fingerprint density at radius 3 is 2.17 bits per heavy atom. The van der Waals surface area contributed by atoms with Crippen LogP contribution in [0.1, 0.15) is 25.7 Å². The quantitative estimate of drug-likeness (QED) is 0.782. The number of anilines is 1. The molecule has 0 bridgehead atoms. The second-order valence-corrected chi connectivity index (χ2v) is 5.63. The minimum Gasteiger partial charge on any atom is -0.433 e. The number of rotatable bonds is 3. The van der Waals surface area contributed by atoms with Crippen molar-refractivity contribution in [1.82, 2.24) is 0 Å². The molecular weight excluding hydrogens is 335 g/mol. The van der Waals surface area contributed by atoms with Gasteiger partial charge in [0, 0.05) is 17.2 Å². The summed E-state index contributed by atoms with van der Waals surface area (Å²) in [5.74, 6) is -2.69. The molecule has 0 saturated carbocycles. The van der Waals surface area contributed by atoms with Gasteiger partial charge in [-0.2, -0.15) is 8.78 Å². The maximum Gasteiger partial charge on any atom is 0.387 e. The minimum atomic E-state index is -3.16. The van der Waals surface area contributed by atoms with Crippen molar-refractivity contribution in [1.29, 1.82) is 0 Å². The van der Waals surface area contributed by atoms with E-state index in [0.29, 0.717) is 28.9 Å². The number of ether oxygens (including phenoxy) is 1. The first-order chi connectivity index (χ1) is 10.9. The first-order valence-electron chi connectivity index (χ1n) is 6.95. The molecule has 0 aromatic heterocycles. The van der Waals surface area contributed by atoms with E-state index in [1.54, 1.807) is 0 Å². The van der Waals surface area contributed by atoms with E-state index >= 15 is 0 Å². The lowest BCUT2D eigenvalue weighted by Crippen LogP contribution is -2.32. The minimum absolute atomic E-state index is 0.368. The molecule has 0 atom stereocenters. The third kappa shape index (κ3) is 2.69. The summed E-state index contributed by atoms with van der Waals surface area (Å²) in [6.45, 7) is -3.16. The second-order valence-electron chi connectivity index (χ2n) is 5.22. The van der Waals surface area contributed by atoms with Gasteiger partial charge in [-0.3, -0.25) is 9.59 Å². The van der Waals surface area contributed by atoms with Crippen LogP contribution >= 0.6 is 11.6 Å². The highest BCUT2D eigenvalue weighted by Crippen LogP contribution is 2.39. The van der Waals surface area contributed by atoms with Crippen LogP contribution < -0.4 is 9.64 Å². The first kappa shape index (κ1) is 15.9. The molecule has 2 aliphatic rings. The van der Waals surface area contributed by atoms with Gasteiger partial charge in [-0.15, -0.1) is 0 Å². The molecule has 0 unspecified atom stereocenters. The molecule has 1 heterocycles. The molecule has 23 heavy (non-hydrogen) atoms. The SMILES string of the molecule is O=C1C2=C(CCCC2)C(=O)N1c1cc(OC(F)F)c(Cl)cc1F. The molecular formula is C15H11ClF3NO3. The molecule has 0 fully saturated rings. The Kier molecular flexibility index (Phi) is 4.06. The van der Waals surface area contributed by atoms with Gasteiger partial charge < -0.3 is 4.74 Å². The average molecular weight is 346 g/mol. The van der Waals surface area contributed by atoms with Crippen molar-refractivity contribution in [3.63, 3.8) is 0 Å². The highest BCUT2D eigenvalue weighted by molar-refractivity contribution is 6.34. The lowest BCUT2D eigenvalue weighted by Gasteiger charge is -2.18. The van der Waals surface area contributed by atoms with Crippen LogP contribution in [0.4, 0.5) is 18.9 Å². The van der Waals surface area contributed by atoms with E-state index in [4.69, 9.17) is 11.6 Å². The second kappa shape index (κ2) is 5.88. The Hall–Kier alpha value is -2.02. The van der Waals surface area contributed by atoms with Gasteiger partial charge in [0.25, 0.3) is 11.8 Å². The van der Waals surface area contributed by atoms with Crippen LogP contribution in [0.2, 0.25) is 5.02 Å². The fourth-order valence-corrected chi connectivity index (χ4v) is 3.03. The molecule has 0 spiro atoms. The van der Waals surface area contributed by atoms with Crippen LogP contribution in [-0.4, -0.2) is 18.4 Å². The third-order valence-electron chi connectivity index (χ3n) is 3.85. The van der Waals surface area contributed by atoms with Crippen LogP contribution in [0.25, 0.3) is 0 Å². The number of hydrogen-bond acceptors (Lipinski definition) is 3. The molecule has 0 saturated heterocycles. The van der Waals surface area contributed by atoms with Crippen LogP contribution in [-0.2, 0) is 9.59 Å². The molecule has 1 aromatic carbocycles. The lowest BCUT2D eigenvalue weighted by atomic mass is 9.93. The summed E-state index contributed by atoms with van der Waals surface area (Å²) < 4.78 is 43.1. The Balaban J connectivity index is 2.02. The van der Waals surface area contributed by atoms with E-state index in [1.165, 1.54) is 0 Å². The van der Waals surface area contributed by atoms with Gasteiger partial charge in [0.15, 0.2) is 0 Å². The van der Waals surface area contributed by atoms with Crippen molar-refractivity contribution in [2.75, 3.05) is 4.90 Å². The normalized spacial score (nSPS) is 18.0. The largest absolute Gasteiger partial charge is 0.433 e. The molecule has 0 radical (unpaired) electrons. The van der Waals surface area contributed by atoms with Gasteiger partial charge >= 0.3 is 6.61 Å². The first-order valence-corrected chi connectivity index (χ1v) is 7.32. The van der Waals surface area contributed by atoms with E-state index in [0.717, 1.165) is 25.0 Å². The van der Waals surface area contributed by atoms with Crippen molar-refractivity contribution in [2.45, 2.75) is 32.3 Å². The van der Waals surface area contributed by atoms with Crippen molar-refractivity contribution in [3.05, 3.63) is 34.1 Å². The van der Waals surface area contributed by atoms with E-state index in [1.807, 2.05) is 0 Å². The van der Waals surface area contributed by atoms with Crippen LogP contribution in [0, 0.1) is 5.82 Å². The average Bonchev–Trinajstić information content (AvgIpc) is 2.74. The van der Waals surface area contributed by atoms with Crippen molar-refractivity contribution in [2.24, 2.45) is 0 Å². The van der Waals surface area contributed by atoms with Crippen molar-refractivity contribution >= 4 is 29.1 Å². The summed E-state index contributed by atoms with van der Waals surface area (Å²) >= 11 is 5.65. The van der Waals surface area contributed by atoms with Gasteiger partial charge in [0.1, 0.15) is 11.6 Å². The highest BCUT2D eigenvalue weighted by Gasteiger charge is 2.41. The summed E-state index contributed by atoms with van der Waals surface area (Å²) in [6.07, 6.45) is 2.45. The standard InChI is InChI=1S/C15H11ClF3NO3/c16-9-5-10(17)11(6-12(9)23-15(18)19)20-13(21)7-3-1-2-4-8(7)14(20)22/h5-6,15H,1-4H2. The summed E-state index contributed by atoms with van der Waals surface area (Å²) in [7, 11) is 0. The van der Waals surface area contributed by atoms with E-state index in [2.05, 4.69) is 4.74 Å². The third-order valence-corrected chi connectivity index (χ3v) is 4.14. The zero-order chi connectivity index (χ0) is 16.7. The fourth-order valence-electron chi connectivity index (χ4n) is 2.83. The number of carbonyl (C=O) groups is 2. The molecule has 1 aliphatic carbocycles. The number of nitrogens with zero attached hydrogens (tertiary/aromatic N) is 1. The molecule has 1 aliphatic heterocycles. The monoisotopic (exact) mass is 345 g/mol. The smallest absolute Gasteiger partial charge is 0.387 e. The maximum atomic E-state index is 14.2. The Morgan fingerprint density at radius 2 is 1.65 bits per heavy atom. The van der Waals surface area contributed by atoms with Crippen molar-refractivity contribution in [3.8, 4) is 5.75 Å². The predicted molar refractivity (Wildman–Crippen MR) is 76.0 cm³/mol. The van der Waals surface area contributed by atoms with Gasteiger partial charge in [0.05, 0.1) is 10.7 Å². The fraction of sp³-hybridized carbons (Fsp3) is 0.333. The zero-order valence-corrected chi connectivity index (χ0v) is 12.5. The highest BCUT2D eigenvalue weighted by atomic mass is 35.5. The lowest BCUT2D eigenvalue weighted by molar-refractivity contribution is -0.120. The Morgan fingerprint density at radius 1 is 1.09 bits per heavy atom. The molecule has 0 N–H and O–H groups in total. The molecule has 3 rings (SSSR count). The van der Waals surface area contributed by atoms with Crippen molar-refractivity contribution < 1.29 is 27.5 Å². The summed E-state index contributed by atoms with van der Waals surface area (Å²) in [5, 5.41) is -0.372. The van der Waals surface area contributed by atoms with Gasteiger partial charge in [0.2, 0.25) is 0 Å².